The summed E-state index contributed by atoms with van der Waals surface area (Å²) in [5, 5.41) is 38.7. The molecule has 0 spiro atoms. The average Bonchev–Trinajstić information content (AvgIpc) is 2.57. The number of rotatable bonds is 1. The number of fused-ring (bicyclic) bond motifs is 1. The van der Waals surface area contributed by atoms with E-state index in [0.717, 1.165) is 0 Å². The zero-order chi connectivity index (χ0) is 9.59. The molecule has 72 valence electrons. The van der Waals surface area contributed by atoms with Crippen molar-refractivity contribution in [1.82, 2.24) is 20.2 Å². The molecule has 3 unspecified atom stereocenters. The van der Waals surface area contributed by atoms with Gasteiger partial charge in [-0.2, -0.15) is 0 Å². The van der Waals surface area contributed by atoms with Gasteiger partial charge in [-0.1, -0.05) is 0 Å². The van der Waals surface area contributed by atoms with Crippen molar-refractivity contribution >= 4 is 0 Å². The minimum atomic E-state index is -1.12. The van der Waals surface area contributed by atoms with Gasteiger partial charge in [0.1, 0.15) is 18.2 Å². The number of aliphatic hydroxyl groups is 3. The van der Waals surface area contributed by atoms with Crippen LogP contribution >= 0.6 is 0 Å². The molecule has 0 aliphatic carbocycles. The maximum Gasteiger partial charge on any atom is 0.183 e. The van der Waals surface area contributed by atoms with Gasteiger partial charge in [0, 0.05) is 0 Å². The summed E-state index contributed by atoms with van der Waals surface area (Å²) in [7, 11) is 0. The molecule has 1 aliphatic heterocycles. The molecule has 0 saturated carbocycles. The number of hydrogen-bond donors (Lipinski definition) is 3. The minimum absolute atomic E-state index is 0.193. The van der Waals surface area contributed by atoms with Crippen molar-refractivity contribution in [3.05, 3.63) is 5.82 Å². The van der Waals surface area contributed by atoms with Crippen molar-refractivity contribution in [2.45, 2.75) is 31.3 Å². The van der Waals surface area contributed by atoms with E-state index in [4.69, 9.17) is 0 Å². The molecule has 7 heteroatoms. The molecule has 3 N–H and O–H groups in total. The summed E-state index contributed by atoms with van der Waals surface area (Å²) in [6.45, 7) is 1.51. The Morgan fingerprint density at radius 2 is 2.15 bits per heavy atom. The summed E-state index contributed by atoms with van der Waals surface area (Å²) in [5.41, 5.74) is 0. The van der Waals surface area contributed by atoms with Gasteiger partial charge in [0.25, 0.3) is 0 Å². The van der Waals surface area contributed by atoms with E-state index in [1.165, 1.54) is 11.6 Å². The normalized spacial score (nSPS) is 34.6. The van der Waals surface area contributed by atoms with Crippen molar-refractivity contribution in [3.63, 3.8) is 0 Å². The van der Waals surface area contributed by atoms with Crippen LogP contribution in [0.5, 0.6) is 0 Å². The molecule has 13 heavy (non-hydrogen) atoms. The van der Waals surface area contributed by atoms with Crippen LogP contribution in [0.15, 0.2) is 0 Å². The van der Waals surface area contributed by atoms with Gasteiger partial charge in [-0.3, -0.25) is 0 Å². The number of aromatic nitrogens is 4. The molecule has 7 nitrogen and oxygen atoms in total. The van der Waals surface area contributed by atoms with Gasteiger partial charge in [-0.05, 0) is 17.4 Å². The van der Waals surface area contributed by atoms with Crippen LogP contribution in [-0.2, 0) is 0 Å². The van der Waals surface area contributed by atoms with Gasteiger partial charge >= 0.3 is 0 Å². The van der Waals surface area contributed by atoms with Crippen LogP contribution in [0.3, 0.4) is 0 Å². The lowest BCUT2D eigenvalue weighted by Gasteiger charge is -2.18. The van der Waals surface area contributed by atoms with E-state index in [-0.39, 0.29) is 5.82 Å². The lowest BCUT2D eigenvalue weighted by atomic mass is 10.1. The van der Waals surface area contributed by atoms with Crippen LogP contribution in [0, 0.1) is 0 Å². The molecule has 0 amide bonds. The molecule has 4 atom stereocenters. The lowest BCUT2D eigenvalue weighted by Crippen LogP contribution is -2.30. The molecular weight excluding hydrogens is 176 g/mol. The van der Waals surface area contributed by atoms with E-state index in [1.54, 1.807) is 0 Å². The minimum Gasteiger partial charge on any atom is -0.391 e. The van der Waals surface area contributed by atoms with Crippen LogP contribution in [0.25, 0.3) is 0 Å². The molecule has 2 rings (SSSR count). The SMILES string of the molecule is C[C@@H](O)C1C(O)C(O)c2nnnn21. The number of nitrogens with zero attached hydrogens (tertiary/aromatic N) is 4. The van der Waals surface area contributed by atoms with E-state index in [0.29, 0.717) is 0 Å². The third-order valence-corrected chi connectivity index (χ3v) is 2.23. The first-order valence-electron chi connectivity index (χ1n) is 3.95. The first kappa shape index (κ1) is 8.54. The third kappa shape index (κ3) is 1.05. The van der Waals surface area contributed by atoms with Gasteiger partial charge in [0.2, 0.25) is 0 Å². The van der Waals surface area contributed by atoms with Gasteiger partial charge in [-0.25, -0.2) is 4.68 Å². The van der Waals surface area contributed by atoms with E-state index in [9.17, 15) is 15.3 Å². The maximum absolute atomic E-state index is 9.50. The van der Waals surface area contributed by atoms with Crippen LogP contribution in [-0.4, -0.2) is 47.7 Å². The second-order valence-corrected chi connectivity index (χ2v) is 3.15. The fourth-order valence-corrected chi connectivity index (χ4v) is 1.58. The van der Waals surface area contributed by atoms with Gasteiger partial charge in [-0.15, -0.1) is 5.10 Å². The average molecular weight is 186 g/mol. The molecule has 0 aromatic carbocycles. The standard InChI is InChI=1S/C6H10N4O3/c1-2(11)3-4(12)5(13)6-7-8-9-10(3)6/h2-5,11-13H,1H3/t2-,3?,4?,5?/m1/s1. The lowest BCUT2D eigenvalue weighted by molar-refractivity contribution is -0.0247. The molecule has 0 fully saturated rings. The second-order valence-electron chi connectivity index (χ2n) is 3.15. The van der Waals surface area contributed by atoms with Crippen molar-refractivity contribution in [2.24, 2.45) is 0 Å². The summed E-state index contributed by atoms with van der Waals surface area (Å²) in [6, 6.07) is -0.667. The van der Waals surface area contributed by atoms with Gasteiger partial charge in [0.05, 0.1) is 6.10 Å². The van der Waals surface area contributed by atoms with Crippen LogP contribution < -0.4 is 0 Å². The van der Waals surface area contributed by atoms with Crippen molar-refractivity contribution in [2.75, 3.05) is 0 Å². The third-order valence-electron chi connectivity index (χ3n) is 2.23. The molecule has 1 aromatic heterocycles. The largest absolute Gasteiger partial charge is 0.391 e. The Labute approximate surface area is 73.6 Å². The number of aliphatic hydroxyl groups excluding tert-OH is 3. The fraction of sp³-hybridized carbons (Fsp3) is 0.833. The number of hydrogen-bond acceptors (Lipinski definition) is 6. The Morgan fingerprint density at radius 3 is 2.77 bits per heavy atom. The second kappa shape index (κ2) is 2.72. The molecule has 0 saturated heterocycles. The summed E-state index contributed by atoms with van der Waals surface area (Å²) in [5.74, 6) is 0.193. The molecule has 1 aromatic rings. The van der Waals surface area contributed by atoms with Crippen LogP contribution in [0.4, 0.5) is 0 Å². The Hall–Kier alpha value is -1.05. The van der Waals surface area contributed by atoms with Crippen LogP contribution in [0.1, 0.15) is 24.9 Å². The predicted octanol–water partition coefficient (Wildman–Crippen LogP) is -2.00. The zero-order valence-corrected chi connectivity index (χ0v) is 6.94. The quantitative estimate of drug-likeness (QED) is 0.468. The monoisotopic (exact) mass is 186 g/mol. The summed E-state index contributed by atoms with van der Waals surface area (Å²) in [4.78, 5) is 0. The highest BCUT2D eigenvalue weighted by Gasteiger charge is 2.43. The van der Waals surface area contributed by atoms with Crippen molar-refractivity contribution in [3.8, 4) is 0 Å². The van der Waals surface area contributed by atoms with E-state index >= 15 is 0 Å². The van der Waals surface area contributed by atoms with Crippen molar-refractivity contribution < 1.29 is 15.3 Å². The van der Waals surface area contributed by atoms with Crippen LogP contribution in [0.2, 0.25) is 0 Å². The highest BCUT2D eigenvalue weighted by Crippen LogP contribution is 2.33. The Kier molecular flexibility index (Phi) is 1.79. The maximum atomic E-state index is 9.50. The van der Waals surface area contributed by atoms with Gasteiger partial charge in [0.15, 0.2) is 5.82 Å². The predicted molar refractivity (Wildman–Crippen MR) is 39.5 cm³/mol. The zero-order valence-electron chi connectivity index (χ0n) is 6.94. The Bertz CT molecular complexity index is 313. The first-order chi connectivity index (χ1) is 6.13. The van der Waals surface area contributed by atoms with Gasteiger partial charge < -0.3 is 15.3 Å². The first-order valence-corrected chi connectivity index (χ1v) is 3.95. The smallest absolute Gasteiger partial charge is 0.183 e. The summed E-state index contributed by atoms with van der Waals surface area (Å²) in [6.07, 6.45) is -3.00. The summed E-state index contributed by atoms with van der Waals surface area (Å²) < 4.78 is 1.25. The highest BCUT2D eigenvalue weighted by molar-refractivity contribution is 5.05. The van der Waals surface area contributed by atoms with E-state index in [2.05, 4.69) is 15.5 Å². The topological polar surface area (TPSA) is 104 Å². The molecule has 1 aliphatic rings. The van der Waals surface area contributed by atoms with E-state index in [1.807, 2.05) is 0 Å². The fourth-order valence-electron chi connectivity index (χ4n) is 1.58. The van der Waals surface area contributed by atoms with E-state index < -0.39 is 24.4 Å². The molecule has 0 bridgehead atoms. The molecule has 2 heterocycles. The Balaban J connectivity index is 2.42. The molecular formula is C6H10N4O3. The summed E-state index contributed by atoms with van der Waals surface area (Å²) >= 11 is 0. The Morgan fingerprint density at radius 1 is 1.46 bits per heavy atom. The highest BCUT2D eigenvalue weighted by atomic mass is 16.3. The van der Waals surface area contributed by atoms with Crippen molar-refractivity contribution in [1.29, 1.82) is 0 Å². The number of tetrazole rings is 1. The molecule has 0 radical (unpaired) electrons.